The van der Waals surface area contributed by atoms with Crippen LogP contribution in [0, 0.1) is 18.8 Å². The van der Waals surface area contributed by atoms with E-state index in [1.54, 1.807) is 7.11 Å². The molecule has 0 spiro atoms. The molecule has 0 fully saturated rings. The SMILES string of the molecule is CC#CCCC(NCCC)c1ccc(C)cc1OC. The van der Waals surface area contributed by atoms with Crippen molar-refractivity contribution in [2.75, 3.05) is 13.7 Å². The van der Waals surface area contributed by atoms with Crippen LogP contribution in [0.1, 0.15) is 50.3 Å². The van der Waals surface area contributed by atoms with Gasteiger partial charge in [-0.1, -0.05) is 19.1 Å². The summed E-state index contributed by atoms with van der Waals surface area (Å²) in [7, 11) is 1.74. The maximum absolute atomic E-state index is 5.52. The molecule has 1 aromatic carbocycles. The smallest absolute Gasteiger partial charge is 0.123 e. The predicted octanol–water partition coefficient (Wildman–Crippen LogP) is 3.85. The van der Waals surface area contributed by atoms with Gasteiger partial charge < -0.3 is 10.1 Å². The van der Waals surface area contributed by atoms with Crippen molar-refractivity contribution in [3.05, 3.63) is 29.3 Å². The Morgan fingerprint density at radius 2 is 2.16 bits per heavy atom. The number of methoxy groups -OCH3 is 1. The van der Waals surface area contributed by atoms with Gasteiger partial charge in [-0.25, -0.2) is 0 Å². The molecule has 0 aliphatic carbocycles. The zero-order chi connectivity index (χ0) is 14.1. The van der Waals surface area contributed by atoms with Crippen molar-refractivity contribution in [1.29, 1.82) is 0 Å². The van der Waals surface area contributed by atoms with Crippen LogP contribution in [-0.4, -0.2) is 13.7 Å². The molecule has 104 valence electrons. The maximum atomic E-state index is 5.52. The second kappa shape index (κ2) is 8.61. The number of hydrogen-bond donors (Lipinski definition) is 1. The second-order valence-corrected chi connectivity index (χ2v) is 4.72. The quantitative estimate of drug-likeness (QED) is 0.751. The van der Waals surface area contributed by atoms with Crippen LogP contribution >= 0.6 is 0 Å². The van der Waals surface area contributed by atoms with Gasteiger partial charge in [-0.15, -0.1) is 11.8 Å². The van der Waals surface area contributed by atoms with Gasteiger partial charge in [-0.05, 0) is 44.9 Å². The van der Waals surface area contributed by atoms with Crippen molar-refractivity contribution in [3.63, 3.8) is 0 Å². The lowest BCUT2D eigenvalue weighted by Gasteiger charge is -2.21. The molecule has 1 rings (SSSR count). The lowest BCUT2D eigenvalue weighted by molar-refractivity contribution is 0.395. The number of nitrogens with one attached hydrogen (secondary N) is 1. The van der Waals surface area contributed by atoms with E-state index in [0.29, 0.717) is 6.04 Å². The monoisotopic (exact) mass is 259 g/mol. The molecule has 2 nitrogen and oxygen atoms in total. The first kappa shape index (κ1) is 15.6. The average molecular weight is 259 g/mol. The van der Waals surface area contributed by atoms with E-state index >= 15 is 0 Å². The molecule has 0 radical (unpaired) electrons. The summed E-state index contributed by atoms with van der Waals surface area (Å²) in [6, 6.07) is 6.73. The van der Waals surface area contributed by atoms with Crippen LogP contribution in [0.2, 0.25) is 0 Å². The Bertz CT molecular complexity index is 442. The van der Waals surface area contributed by atoms with Gasteiger partial charge in [0.25, 0.3) is 0 Å². The average Bonchev–Trinajstić information content (AvgIpc) is 2.43. The molecule has 19 heavy (non-hydrogen) atoms. The van der Waals surface area contributed by atoms with E-state index in [4.69, 9.17) is 4.74 Å². The van der Waals surface area contributed by atoms with Crippen LogP contribution in [-0.2, 0) is 0 Å². The van der Waals surface area contributed by atoms with Crippen molar-refractivity contribution in [3.8, 4) is 17.6 Å². The van der Waals surface area contributed by atoms with Crippen LogP contribution in [0.3, 0.4) is 0 Å². The lowest BCUT2D eigenvalue weighted by atomic mass is 9.99. The third kappa shape index (κ3) is 4.96. The van der Waals surface area contributed by atoms with E-state index in [1.165, 1.54) is 11.1 Å². The molecule has 1 aromatic rings. The first-order valence-corrected chi connectivity index (χ1v) is 7.00. The molecule has 0 saturated heterocycles. The highest BCUT2D eigenvalue weighted by Crippen LogP contribution is 2.29. The normalized spacial score (nSPS) is 11.6. The molecule has 0 bridgehead atoms. The molecule has 0 aromatic heterocycles. The first-order chi connectivity index (χ1) is 9.22. The van der Waals surface area contributed by atoms with E-state index in [0.717, 1.165) is 31.6 Å². The molecule has 1 atom stereocenters. The van der Waals surface area contributed by atoms with Crippen molar-refractivity contribution in [2.24, 2.45) is 0 Å². The molecular formula is C17H25NO. The van der Waals surface area contributed by atoms with Gasteiger partial charge in [0, 0.05) is 18.0 Å². The second-order valence-electron chi connectivity index (χ2n) is 4.72. The molecule has 0 saturated carbocycles. The Hall–Kier alpha value is -1.46. The van der Waals surface area contributed by atoms with Crippen LogP contribution < -0.4 is 10.1 Å². The summed E-state index contributed by atoms with van der Waals surface area (Å²) < 4.78 is 5.52. The van der Waals surface area contributed by atoms with Crippen molar-refractivity contribution < 1.29 is 4.74 Å². The van der Waals surface area contributed by atoms with E-state index < -0.39 is 0 Å². The van der Waals surface area contributed by atoms with E-state index in [-0.39, 0.29) is 0 Å². The van der Waals surface area contributed by atoms with Crippen LogP contribution in [0.5, 0.6) is 5.75 Å². The van der Waals surface area contributed by atoms with E-state index in [9.17, 15) is 0 Å². The van der Waals surface area contributed by atoms with Gasteiger partial charge in [0.15, 0.2) is 0 Å². The lowest BCUT2D eigenvalue weighted by Crippen LogP contribution is -2.22. The Morgan fingerprint density at radius 3 is 2.79 bits per heavy atom. The number of rotatable bonds is 7. The van der Waals surface area contributed by atoms with Crippen LogP contribution in [0.15, 0.2) is 18.2 Å². The van der Waals surface area contributed by atoms with Crippen LogP contribution in [0.25, 0.3) is 0 Å². The summed E-state index contributed by atoms with van der Waals surface area (Å²) in [5.41, 5.74) is 2.46. The summed E-state index contributed by atoms with van der Waals surface area (Å²) in [4.78, 5) is 0. The molecular weight excluding hydrogens is 234 g/mol. The number of aryl methyl sites for hydroxylation is 1. The van der Waals surface area contributed by atoms with E-state index in [1.807, 2.05) is 6.92 Å². The van der Waals surface area contributed by atoms with Crippen LogP contribution in [0.4, 0.5) is 0 Å². The topological polar surface area (TPSA) is 21.3 Å². The third-order valence-corrected chi connectivity index (χ3v) is 3.14. The highest BCUT2D eigenvalue weighted by atomic mass is 16.5. The third-order valence-electron chi connectivity index (χ3n) is 3.14. The summed E-state index contributed by atoms with van der Waals surface area (Å²) in [6.45, 7) is 7.17. The largest absolute Gasteiger partial charge is 0.496 e. The van der Waals surface area contributed by atoms with Gasteiger partial charge in [0.2, 0.25) is 0 Å². The zero-order valence-corrected chi connectivity index (χ0v) is 12.5. The number of hydrogen-bond acceptors (Lipinski definition) is 2. The standard InChI is InChI=1S/C17H25NO/c1-5-7-8-9-16(18-12-6-2)15-11-10-14(3)13-17(15)19-4/h10-11,13,16,18H,6,8-9,12H2,1-4H3. The molecule has 2 heteroatoms. The van der Waals surface area contributed by atoms with Gasteiger partial charge >= 0.3 is 0 Å². The Kier molecular flexibility index (Phi) is 7.07. The Morgan fingerprint density at radius 1 is 1.37 bits per heavy atom. The minimum atomic E-state index is 0.316. The molecule has 1 N–H and O–H groups in total. The van der Waals surface area contributed by atoms with Crippen molar-refractivity contribution >= 4 is 0 Å². The first-order valence-electron chi connectivity index (χ1n) is 7.00. The fraction of sp³-hybridized carbons (Fsp3) is 0.529. The van der Waals surface area contributed by atoms with Crippen molar-refractivity contribution in [1.82, 2.24) is 5.32 Å². The summed E-state index contributed by atoms with van der Waals surface area (Å²) in [6.07, 6.45) is 3.05. The van der Waals surface area contributed by atoms with Crippen molar-refractivity contribution in [2.45, 2.75) is 46.1 Å². The molecule has 0 aliphatic rings. The fourth-order valence-electron chi connectivity index (χ4n) is 2.13. The highest BCUT2D eigenvalue weighted by molar-refractivity contribution is 5.39. The van der Waals surface area contributed by atoms with Gasteiger partial charge in [-0.3, -0.25) is 0 Å². The molecule has 0 heterocycles. The minimum Gasteiger partial charge on any atom is -0.496 e. The molecule has 1 unspecified atom stereocenters. The van der Waals surface area contributed by atoms with E-state index in [2.05, 4.69) is 49.2 Å². The highest BCUT2D eigenvalue weighted by Gasteiger charge is 2.14. The van der Waals surface area contributed by atoms with Gasteiger partial charge in [0.1, 0.15) is 5.75 Å². The molecule has 0 amide bonds. The summed E-state index contributed by atoms with van der Waals surface area (Å²) in [5, 5.41) is 3.59. The summed E-state index contributed by atoms with van der Waals surface area (Å²) in [5.74, 6) is 7.07. The predicted molar refractivity (Wildman–Crippen MR) is 81.4 cm³/mol. The Balaban J connectivity index is 2.90. The number of benzene rings is 1. The maximum Gasteiger partial charge on any atom is 0.123 e. The molecule has 0 aliphatic heterocycles. The summed E-state index contributed by atoms with van der Waals surface area (Å²) >= 11 is 0. The minimum absolute atomic E-state index is 0.316. The number of ether oxygens (including phenoxy) is 1. The zero-order valence-electron chi connectivity index (χ0n) is 12.5. The van der Waals surface area contributed by atoms with Gasteiger partial charge in [0.05, 0.1) is 7.11 Å². The Labute approximate surface area is 117 Å². The fourth-order valence-corrected chi connectivity index (χ4v) is 2.13. The van der Waals surface area contributed by atoms with Gasteiger partial charge in [-0.2, -0.15) is 0 Å².